The molecule has 0 aromatic heterocycles. The number of benzene rings is 2. The minimum absolute atomic E-state index is 0.130. The molecule has 2 aliphatic heterocycles. The van der Waals surface area contributed by atoms with Crippen LogP contribution in [-0.4, -0.2) is 42.1 Å². The predicted molar refractivity (Wildman–Crippen MR) is 106 cm³/mol. The van der Waals surface area contributed by atoms with Gasteiger partial charge in [0.25, 0.3) is 5.91 Å². The number of hydrogen-bond acceptors (Lipinski definition) is 3. The first-order chi connectivity index (χ1) is 14.4. The SMILES string of the molecule is O=C(NC[C@H]1CCC2(CCN(Cc3ccc(F)cc3)CC2)O1)c1cccc(F)c1F. The third kappa shape index (κ3) is 4.68. The summed E-state index contributed by atoms with van der Waals surface area (Å²) in [6.45, 7) is 2.85. The number of ether oxygens (including phenoxy) is 1. The topological polar surface area (TPSA) is 41.6 Å². The van der Waals surface area contributed by atoms with E-state index < -0.39 is 17.5 Å². The van der Waals surface area contributed by atoms with Gasteiger partial charge in [0.1, 0.15) is 5.82 Å². The lowest BCUT2D eigenvalue weighted by Gasteiger charge is -2.39. The number of carbonyl (C=O) groups is 1. The highest BCUT2D eigenvalue weighted by atomic mass is 19.2. The van der Waals surface area contributed by atoms with Crippen molar-refractivity contribution in [3.63, 3.8) is 0 Å². The van der Waals surface area contributed by atoms with Crippen molar-refractivity contribution in [3.8, 4) is 0 Å². The van der Waals surface area contributed by atoms with Crippen molar-refractivity contribution in [1.29, 1.82) is 0 Å². The summed E-state index contributed by atoms with van der Waals surface area (Å²) in [5, 5.41) is 2.67. The van der Waals surface area contributed by atoms with Crippen LogP contribution in [0.1, 0.15) is 41.6 Å². The van der Waals surface area contributed by atoms with Crippen LogP contribution < -0.4 is 5.32 Å². The lowest BCUT2D eigenvalue weighted by molar-refractivity contribution is -0.0764. The molecule has 0 aliphatic carbocycles. The van der Waals surface area contributed by atoms with E-state index in [1.165, 1.54) is 24.3 Å². The molecule has 2 heterocycles. The molecule has 2 fully saturated rings. The molecule has 4 nitrogen and oxygen atoms in total. The summed E-state index contributed by atoms with van der Waals surface area (Å²) in [7, 11) is 0. The Morgan fingerprint density at radius 3 is 2.53 bits per heavy atom. The quantitative estimate of drug-likeness (QED) is 0.797. The molecule has 2 aromatic rings. The zero-order valence-electron chi connectivity index (χ0n) is 16.7. The van der Waals surface area contributed by atoms with Gasteiger partial charge >= 0.3 is 0 Å². The van der Waals surface area contributed by atoms with Gasteiger partial charge < -0.3 is 10.1 Å². The molecule has 0 unspecified atom stereocenters. The van der Waals surface area contributed by atoms with E-state index in [0.717, 1.165) is 56.9 Å². The van der Waals surface area contributed by atoms with Gasteiger partial charge in [-0.25, -0.2) is 13.2 Å². The fraction of sp³-hybridized carbons (Fsp3) is 0.435. The van der Waals surface area contributed by atoms with E-state index in [0.29, 0.717) is 0 Å². The maximum Gasteiger partial charge on any atom is 0.254 e. The second kappa shape index (κ2) is 8.78. The van der Waals surface area contributed by atoms with E-state index in [2.05, 4.69) is 10.2 Å². The Kier molecular flexibility index (Phi) is 6.11. The van der Waals surface area contributed by atoms with Crippen molar-refractivity contribution in [2.45, 2.75) is 43.9 Å². The summed E-state index contributed by atoms with van der Waals surface area (Å²) < 4.78 is 46.4. The number of carbonyl (C=O) groups excluding carboxylic acids is 1. The van der Waals surface area contributed by atoms with Gasteiger partial charge in [-0.2, -0.15) is 0 Å². The number of hydrogen-bond donors (Lipinski definition) is 1. The van der Waals surface area contributed by atoms with Crippen LogP contribution in [0, 0.1) is 17.5 Å². The number of nitrogens with zero attached hydrogens (tertiary/aromatic N) is 1. The number of halogens is 3. The second-order valence-corrected chi connectivity index (χ2v) is 8.18. The molecule has 0 saturated carbocycles. The summed E-state index contributed by atoms with van der Waals surface area (Å²) >= 11 is 0. The van der Waals surface area contributed by atoms with Crippen LogP contribution in [0.5, 0.6) is 0 Å². The number of nitrogens with one attached hydrogen (secondary N) is 1. The summed E-state index contributed by atoms with van der Waals surface area (Å²) in [5.41, 5.74) is 0.611. The van der Waals surface area contributed by atoms with E-state index in [1.807, 2.05) is 12.1 Å². The van der Waals surface area contributed by atoms with Crippen LogP contribution in [0.25, 0.3) is 0 Å². The van der Waals surface area contributed by atoms with Crippen molar-refractivity contribution in [3.05, 3.63) is 71.0 Å². The Bertz CT molecular complexity index is 896. The molecule has 30 heavy (non-hydrogen) atoms. The Morgan fingerprint density at radius 1 is 1.07 bits per heavy atom. The molecule has 7 heteroatoms. The van der Waals surface area contributed by atoms with Crippen LogP contribution in [0.4, 0.5) is 13.2 Å². The van der Waals surface area contributed by atoms with Crippen LogP contribution in [0.3, 0.4) is 0 Å². The summed E-state index contributed by atoms with van der Waals surface area (Å²) in [4.78, 5) is 14.5. The van der Waals surface area contributed by atoms with Gasteiger partial charge in [0.15, 0.2) is 11.6 Å². The molecular weight excluding hydrogens is 393 g/mol. The predicted octanol–water partition coefficient (Wildman–Crippen LogP) is 4.05. The van der Waals surface area contributed by atoms with Crippen molar-refractivity contribution >= 4 is 5.91 Å². The smallest absolute Gasteiger partial charge is 0.254 e. The highest BCUT2D eigenvalue weighted by Gasteiger charge is 2.42. The van der Waals surface area contributed by atoms with Crippen molar-refractivity contribution in [2.75, 3.05) is 19.6 Å². The molecule has 1 atom stereocenters. The molecule has 2 saturated heterocycles. The molecule has 0 bridgehead atoms. The van der Waals surface area contributed by atoms with E-state index in [9.17, 15) is 18.0 Å². The maximum absolute atomic E-state index is 13.8. The van der Waals surface area contributed by atoms with Gasteiger partial charge in [-0.05, 0) is 55.5 Å². The van der Waals surface area contributed by atoms with E-state index in [1.54, 1.807) is 0 Å². The second-order valence-electron chi connectivity index (χ2n) is 8.18. The lowest BCUT2D eigenvalue weighted by atomic mass is 9.88. The molecule has 2 aromatic carbocycles. The first-order valence-electron chi connectivity index (χ1n) is 10.3. The van der Waals surface area contributed by atoms with Crippen LogP contribution in [0.15, 0.2) is 42.5 Å². The summed E-state index contributed by atoms with van der Waals surface area (Å²) in [5.74, 6) is -3.03. The highest BCUT2D eigenvalue weighted by Crippen LogP contribution is 2.39. The zero-order chi connectivity index (χ0) is 21.1. The minimum atomic E-state index is -1.13. The van der Waals surface area contributed by atoms with Crippen molar-refractivity contribution in [2.24, 2.45) is 0 Å². The first kappa shape index (κ1) is 20.9. The Balaban J connectivity index is 1.25. The normalized spacial score (nSPS) is 21.1. The maximum atomic E-state index is 13.8. The third-order valence-corrected chi connectivity index (χ3v) is 6.11. The monoisotopic (exact) mass is 418 g/mol. The number of piperidine rings is 1. The molecule has 160 valence electrons. The van der Waals surface area contributed by atoms with Gasteiger partial charge in [-0.15, -0.1) is 0 Å². The van der Waals surface area contributed by atoms with Gasteiger partial charge in [-0.1, -0.05) is 18.2 Å². The summed E-state index contributed by atoms with van der Waals surface area (Å²) in [6.07, 6.45) is 3.42. The first-order valence-corrected chi connectivity index (χ1v) is 10.3. The van der Waals surface area contributed by atoms with Crippen LogP contribution in [-0.2, 0) is 11.3 Å². The minimum Gasteiger partial charge on any atom is -0.370 e. The van der Waals surface area contributed by atoms with Crippen LogP contribution >= 0.6 is 0 Å². The standard InChI is InChI=1S/C23H25F3N2O2/c24-17-6-4-16(5-7-17)15-28-12-10-23(11-13-28)9-8-18(30-23)14-27-22(29)19-2-1-3-20(25)21(19)26/h1-7,18H,8-15H2,(H,27,29)/t18-/m1/s1. The number of rotatable bonds is 5. The Morgan fingerprint density at radius 2 is 1.80 bits per heavy atom. The van der Waals surface area contributed by atoms with E-state index >= 15 is 0 Å². The van der Waals surface area contributed by atoms with Gasteiger partial charge in [0.05, 0.1) is 17.3 Å². The summed E-state index contributed by atoms with van der Waals surface area (Å²) in [6, 6.07) is 10.1. The van der Waals surface area contributed by atoms with E-state index in [-0.39, 0.29) is 29.6 Å². The zero-order valence-corrected chi connectivity index (χ0v) is 16.7. The molecule has 1 spiro atoms. The van der Waals surface area contributed by atoms with Crippen molar-refractivity contribution in [1.82, 2.24) is 10.2 Å². The molecule has 1 amide bonds. The molecule has 0 radical (unpaired) electrons. The fourth-order valence-corrected chi connectivity index (χ4v) is 4.35. The molecule has 1 N–H and O–H groups in total. The Labute approximate surface area is 174 Å². The highest BCUT2D eigenvalue weighted by molar-refractivity contribution is 5.94. The van der Waals surface area contributed by atoms with Gasteiger partial charge in [0, 0.05) is 26.2 Å². The molecule has 2 aliphatic rings. The number of amides is 1. The largest absolute Gasteiger partial charge is 0.370 e. The molecular formula is C23H25F3N2O2. The van der Waals surface area contributed by atoms with Crippen LogP contribution in [0.2, 0.25) is 0 Å². The van der Waals surface area contributed by atoms with Gasteiger partial charge in [-0.3, -0.25) is 9.69 Å². The van der Waals surface area contributed by atoms with Gasteiger partial charge in [0.2, 0.25) is 0 Å². The van der Waals surface area contributed by atoms with Crippen molar-refractivity contribution < 1.29 is 22.7 Å². The number of likely N-dealkylation sites (tertiary alicyclic amines) is 1. The average molecular weight is 418 g/mol. The molecule has 4 rings (SSSR count). The third-order valence-electron chi connectivity index (χ3n) is 6.11. The Hall–Kier alpha value is -2.38. The van der Waals surface area contributed by atoms with E-state index in [4.69, 9.17) is 4.74 Å². The lowest BCUT2D eigenvalue weighted by Crippen LogP contribution is -2.44. The average Bonchev–Trinajstić information content (AvgIpc) is 3.14. The fourth-order valence-electron chi connectivity index (χ4n) is 4.35.